The number of hydrogen-bond acceptors (Lipinski definition) is 6. The molecule has 1 aliphatic heterocycles. The first kappa shape index (κ1) is 20.2. The molecule has 4 aromatic rings. The first-order valence-electron chi connectivity index (χ1n) is 10.4. The molecule has 0 atom stereocenters. The smallest absolute Gasteiger partial charge is 0.225 e. The van der Waals surface area contributed by atoms with Gasteiger partial charge in [-0.25, -0.2) is 9.97 Å². The van der Waals surface area contributed by atoms with Gasteiger partial charge in [0.15, 0.2) is 5.82 Å². The molecule has 31 heavy (non-hydrogen) atoms. The predicted molar refractivity (Wildman–Crippen MR) is 130 cm³/mol. The Morgan fingerprint density at radius 2 is 1.81 bits per heavy atom. The van der Waals surface area contributed by atoms with Crippen molar-refractivity contribution in [2.24, 2.45) is 5.92 Å². The van der Waals surface area contributed by atoms with Crippen molar-refractivity contribution in [3.05, 3.63) is 52.5 Å². The van der Waals surface area contributed by atoms with E-state index in [9.17, 15) is 4.79 Å². The lowest BCUT2D eigenvalue weighted by molar-refractivity contribution is -0.133. The van der Waals surface area contributed by atoms with Crippen LogP contribution < -0.4 is 4.90 Å². The Hall–Kier alpha value is -2.77. The number of carbonyl (C=O) groups excluding carboxylic acids is 1. The van der Waals surface area contributed by atoms with Crippen molar-refractivity contribution in [2.75, 3.05) is 32.1 Å². The van der Waals surface area contributed by atoms with Crippen LogP contribution in [0.3, 0.4) is 0 Å². The monoisotopic (exact) mass is 448 g/mol. The highest BCUT2D eigenvalue weighted by Gasteiger charge is 2.29. The fourth-order valence-electron chi connectivity index (χ4n) is 4.21. The minimum atomic E-state index is 0.0935. The highest BCUT2D eigenvalue weighted by Crippen LogP contribution is 2.40. The lowest BCUT2D eigenvalue weighted by Crippen LogP contribution is -2.40. The molecule has 0 aliphatic carbocycles. The largest absolute Gasteiger partial charge is 0.356 e. The van der Waals surface area contributed by atoms with Gasteiger partial charge in [0.1, 0.15) is 10.6 Å². The number of benzene rings is 1. The molecule has 1 amide bonds. The Morgan fingerprint density at radius 3 is 2.48 bits per heavy atom. The van der Waals surface area contributed by atoms with Crippen molar-refractivity contribution in [3.8, 4) is 22.5 Å². The standard InChI is InChI=1S/C24H24N4OS2/c1-27(2)24(29)17-8-11-28(12-9-17)22-20-19(16-6-4-3-5-7-16)15-31-23(20)26-21(25-22)18-10-13-30-14-18/h3-7,10,13-15,17H,8-9,11-12H2,1-2H3. The molecule has 1 aliphatic rings. The first-order valence-corrected chi connectivity index (χ1v) is 12.3. The third kappa shape index (κ3) is 3.83. The topological polar surface area (TPSA) is 49.3 Å². The Bertz CT molecular complexity index is 1190. The summed E-state index contributed by atoms with van der Waals surface area (Å²) in [5.74, 6) is 2.08. The highest BCUT2D eigenvalue weighted by atomic mass is 32.1. The van der Waals surface area contributed by atoms with Crippen LogP contribution in [0.15, 0.2) is 52.5 Å². The molecule has 0 bridgehead atoms. The quantitative estimate of drug-likeness (QED) is 0.420. The Labute approximate surface area is 190 Å². The lowest BCUT2D eigenvalue weighted by atomic mass is 9.95. The van der Waals surface area contributed by atoms with Gasteiger partial charge in [-0.05, 0) is 29.9 Å². The molecule has 5 rings (SSSR count). The van der Waals surface area contributed by atoms with E-state index < -0.39 is 0 Å². The van der Waals surface area contributed by atoms with Gasteiger partial charge in [-0.3, -0.25) is 4.79 Å². The molecule has 0 radical (unpaired) electrons. The number of aromatic nitrogens is 2. The average molecular weight is 449 g/mol. The van der Waals surface area contributed by atoms with Crippen molar-refractivity contribution in [2.45, 2.75) is 12.8 Å². The molecule has 1 fully saturated rings. The van der Waals surface area contributed by atoms with E-state index >= 15 is 0 Å². The summed E-state index contributed by atoms with van der Waals surface area (Å²) >= 11 is 3.33. The summed E-state index contributed by atoms with van der Waals surface area (Å²) in [6.07, 6.45) is 1.70. The van der Waals surface area contributed by atoms with Crippen LogP contribution in [0.4, 0.5) is 5.82 Å². The summed E-state index contributed by atoms with van der Waals surface area (Å²) in [5.41, 5.74) is 3.42. The zero-order chi connectivity index (χ0) is 21.4. The van der Waals surface area contributed by atoms with Gasteiger partial charge in [0, 0.05) is 55.0 Å². The van der Waals surface area contributed by atoms with E-state index in [1.807, 2.05) is 20.2 Å². The van der Waals surface area contributed by atoms with Gasteiger partial charge in [-0.2, -0.15) is 11.3 Å². The van der Waals surface area contributed by atoms with Crippen LogP contribution in [0.5, 0.6) is 0 Å². The fraction of sp³-hybridized carbons (Fsp3) is 0.292. The maximum absolute atomic E-state index is 12.4. The summed E-state index contributed by atoms with van der Waals surface area (Å²) in [4.78, 5) is 27.5. The molecular weight excluding hydrogens is 424 g/mol. The van der Waals surface area contributed by atoms with E-state index in [-0.39, 0.29) is 11.8 Å². The summed E-state index contributed by atoms with van der Waals surface area (Å²) < 4.78 is 0. The Morgan fingerprint density at radius 1 is 1.03 bits per heavy atom. The van der Waals surface area contributed by atoms with Crippen LogP contribution >= 0.6 is 22.7 Å². The van der Waals surface area contributed by atoms with Crippen LogP contribution in [0.25, 0.3) is 32.7 Å². The number of fused-ring (bicyclic) bond motifs is 1. The lowest BCUT2D eigenvalue weighted by Gasteiger charge is -2.33. The number of piperidine rings is 1. The number of carbonyl (C=O) groups is 1. The SMILES string of the molecule is CN(C)C(=O)C1CCN(c2nc(-c3ccsc3)nc3scc(-c4ccccc4)c23)CC1. The van der Waals surface area contributed by atoms with Crippen LogP contribution in [0, 0.1) is 5.92 Å². The average Bonchev–Trinajstić information content (AvgIpc) is 3.49. The van der Waals surface area contributed by atoms with Crippen molar-refractivity contribution < 1.29 is 4.79 Å². The highest BCUT2D eigenvalue weighted by molar-refractivity contribution is 7.17. The minimum absolute atomic E-state index is 0.0935. The van der Waals surface area contributed by atoms with Gasteiger partial charge in [-0.1, -0.05) is 30.3 Å². The van der Waals surface area contributed by atoms with E-state index in [0.717, 1.165) is 53.4 Å². The summed E-state index contributed by atoms with van der Waals surface area (Å²) in [6, 6.07) is 12.5. The van der Waals surface area contributed by atoms with E-state index in [1.54, 1.807) is 27.6 Å². The summed E-state index contributed by atoms with van der Waals surface area (Å²) in [5, 5.41) is 7.47. The van der Waals surface area contributed by atoms with Crippen molar-refractivity contribution in [1.82, 2.24) is 14.9 Å². The van der Waals surface area contributed by atoms with Crippen molar-refractivity contribution in [1.29, 1.82) is 0 Å². The number of thiophene rings is 2. The van der Waals surface area contributed by atoms with Gasteiger partial charge in [-0.15, -0.1) is 11.3 Å². The van der Waals surface area contributed by atoms with Crippen LogP contribution in [-0.2, 0) is 4.79 Å². The van der Waals surface area contributed by atoms with Gasteiger partial charge in [0.2, 0.25) is 5.91 Å². The third-order valence-corrected chi connectivity index (χ3v) is 7.42. The molecule has 1 saturated heterocycles. The number of rotatable bonds is 4. The van der Waals surface area contributed by atoms with Crippen molar-refractivity contribution in [3.63, 3.8) is 0 Å². The molecule has 0 N–H and O–H groups in total. The van der Waals surface area contributed by atoms with Gasteiger partial charge >= 0.3 is 0 Å². The Kier molecular flexibility index (Phi) is 5.46. The summed E-state index contributed by atoms with van der Waals surface area (Å²) in [6.45, 7) is 1.65. The second kappa shape index (κ2) is 8.40. The third-order valence-electron chi connectivity index (χ3n) is 5.86. The fourth-order valence-corrected chi connectivity index (χ4v) is 5.78. The summed E-state index contributed by atoms with van der Waals surface area (Å²) in [7, 11) is 3.68. The van der Waals surface area contributed by atoms with Gasteiger partial charge in [0.25, 0.3) is 0 Å². The van der Waals surface area contributed by atoms with Crippen LogP contribution in [-0.4, -0.2) is 48.0 Å². The second-order valence-corrected chi connectivity index (χ2v) is 9.71. The van der Waals surface area contributed by atoms with Gasteiger partial charge < -0.3 is 9.80 Å². The zero-order valence-electron chi connectivity index (χ0n) is 17.6. The second-order valence-electron chi connectivity index (χ2n) is 8.07. The van der Waals surface area contributed by atoms with E-state index in [1.165, 1.54) is 11.1 Å². The molecule has 7 heteroatoms. The molecule has 0 spiro atoms. The van der Waals surface area contributed by atoms with E-state index in [0.29, 0.717) is 0 Å². The normalized spacial score (nSPS) is 14.8. The number of amides is 1. The molecule has 5 nitrogen and oxygen atoms in total. The van der Waals surface area contributed by atoms with E-state index in [2.05, 4.69) is 51.4 Å². The minimum Gasteiger partial charge on any atom is -0.356 e. The Balaban J connectivity index is 1.58. The van der Waals surface area contributed by atoms with Crippen LogP contribution in [0.2, 0.25) is 0 Å². The molecule has 0 unspecified atom stereocenters. The number of hydrogen-bond donors (Lipinski definition) is 0. The molecule has 158 valence electrons. The maximum atomic E-state index is 12.4. The number of nitrogens with zero attached hydrogens (tertiary/aromatic N) is 4. The molecular formula is C24H24N4OS2. The number of anilines is 1. The van der Waals surface area contributed by atoms with Gasteiger partial charge in [0.05, 0.1) is 5.39 Å². The molecule has 3 aromatic heterocycles. The van der Waals surface area contributed by atoms with Crippen molar-refractivity contribution >= 4 is 44.6 Å². The van der Waals surface area contributed by atoms with Crippen LogP contribution in [0.1, 0.15) is 12.8 Å². The zero-order valence-corrected chi connectivity index (χ0v) is 19.2. The first-order chi connectivity index (χ1) is 15.1. The molecule has 0 saturated carbocycles. The predicted octanol–water partition coefficient (Wildman–Crippen LogP) is 5.39. The van der Waals surface area contributed by atoms with E-state index in [4.69, 9.17) is 9.97 Å². The maximum Gasteiger partial charge on any atom is 0.225 e. The molecule has 4 heterocycles. The molecule has 1 aromatic carbocycles.